The molecule has 0 atom stereocenters. The van der Waals surface area contributed by atoms with Crippen molar-refractivity contribution in [3.8, 4) is 6.07 Å². The van der Waals surface area contributed by atoms with Crippen LogP contribution >= 0.6 is 12.2 Å². The smallest absolute Gasteiger partial charge is 0.303 e. The number of hydrogen-bond acceptors (Lipinski definition) is 5. The minimum absolute atomic E-state index is 0.132. The highest BCUT2D eigenvalue weighted by atomic mass is 32.1. The molecule has 2 fully saturated rings. The Morgan fingerprint density at radius 1 is 1.18 bits per heavy atom. The second kappa shape index (κ2) is 7.79. The standard InChI is InChI=1S/C21H14F4N4O3S/c22-16-9-13(4-5-14(16)17(30)27-32)29-19(33)28(18(31)20(29)6-1-7-20)12-3-2-11(10-26)15(8-12)21(23,24)25/h2-5,8-9,32H,1,6-7H2,(H,27,30). The number of hydrogen-bond donors (Lipinski definition) is 2. The van der Waals surface area contributed by atoms with Crippen LogP contribution in [0.25, 0.3) is 0 Å². The van der Waals surface area contributed by atoms with Crippen molar-refractivity contribution < 1.29 is 32.4 Å². The van der Waals surface area contributed by atoms with Gasteiger partial charge in [0.2, 0.25) is 0 Å². The molecule has 170 valence electrons. The normalized spacial score (nSPS) is 17.2. The van der Waals surface area contributed by atoms with Gasteiger partial charge in [0.25, 0.3) is 11.8 Å². The molecule has 0 bridgehead atoms. The Balaban J connectivity index is 1.80. The second-order valence-electron chi connectivity index (χ2n) is 7.59. The molecular weight excluding hydrogens is 464 g/mol. The van der Waals surface area contributed by atoms with Crippen LogP contribution in [0.3, 0.4) is 0 Å². The molecule has 12 heteroatoms. The number of benzene rings is 2. The lowest BCUT2D eigenvalue weighted by atomic mass is 9.75. The maximum absolute atomic E-state index is 14.5. The molecule has 1 spiro atoms. The monoisotopic (exact) mass is 478 g/mol. The number of anilines is 2. The number of halogens is 4. The fraction of sp³-hybridized carbons (Fsp3) is 0.238. The van der Waals surface area contributed by atoms with Crippen LogP contribution in [0.15, 0.2) is 36.4 Å². The van der Waals surface area contributed by atoms with Gasteiger partial charge in [-0.25, -0.2) is 9.87 Å². The highest BCUT2D eigenvalue weighted by Gasteiger charge is 2.59. The van der Waals surface area contributed by atoms with E-state index >= 15 is 0 Å². The van der Waals surface area contributed by atoms with E-state index in [0.29, 0.717) is 25.3 Å². The average Bonchev–Trinajstić information content (AvgIpc) is 2.98. The van der Waals surface area contributed by atoms with E-state index in [4.69, 9.17) is 22.7 Å². The molecule has 1 heterocycles. The summed E-state index contributed by atoms with van der Waals surface area (Å²) < 4.78 is 54.9. The zero-order valence-corrected chi connectivity index (χ0v) is 17.4. The second-order valence-corrected chi connectivity index (χ2v) is 7.95. The molecule has 2 N–H and O–H groups in total. The number of thiocarbonyl (C=S) groups is 1. The summed E-state index contributed by atoms with van der Waals surface area (Å²) in [7, 11) is 0. The van der Waals surface area contributed by atoms with E-state index in [9.17, 15) is 27.2 Å². The van der Waals surface area contributed by atoms with Crippen molar-refractivity contribution in [3.05, 3.63) is 58.9 Å². The first-order valence-electron chi connectivity index (χ1n) is 9.59. The molecule has 4 rings (SSSR count). The molecule has 2 aromatic rings. The zero-order chi connectivity index (χ0) is 24.1. The summed E-state index contributed by atoms with van der Waals surface area (Å²) in [4.78, 5) is 27.3. The summed E-state index contributed by atoms with van der Waals surface area (Å²) in [5, 5.41) is 17.6. The number of carbonyl (C=O) groups is 2. The number of nitrogens with zero attached hydrogens (tertiary/aromatic N) is 3. The van der Waals surface area contributed by atoms with E-state index < -0.39 is 46.0 Å². The van der Waals surface area contributed by atoms with Crippen molar-refractivity contribution >= 4 is 40.5 Å². The number of hydroxylamine groups is 1. The van der Waals surface area contributed by atoms with Gasteiger partial charge in [0.15, 0.2) is 5.11 Å². The first-order valence-corrected chi connectivity index (χ1v) is 10.00. The van der Waals surface area contributed by atoms with Gasteiger partial charge in [-0.1, -0.05) is 0 Å². The SMILES string of the molecule is N#Cc1ccc(N2C(=O)C3(CCC3)N(c3ccc(C(=O)NO)c(F)c3)C2=S)cc1C(F)(F)F. The maximum Gasteiger partial charge on any atom is 0.417 e. The molecule has 0 unspecified atom stereocenters. The van der Waals surface area contributed by atoms with Crippen molar-refractivity contribution in [2.24, 2.45) is 0 Å². The van der Waals surface area contributed by atoms with Gasteiger partial charge in [0.05, 0.1) is 28.4 Å². The van der Waals surface area contributed by atoms with Crippen molar-refractivity contribution in [1.82, 2.24) is 5.48 Å². The van der Waals surface area contributed by atoms with E-state index in [2.05, 4.69) is 0 Å². The lowest BCUT2D eigenvalue weighted by Gasteiger charge is -2.43. The van der Waals surface area contributed by atoms with Crippen LogP contribution in [-0.4, -0.2) is 27.7 Å². The number of carbonyl (C=O) groups excluding carboxylic acids is 2. The molecule has 1 saturated heterocycles. The number of alkyl halides is 3. The van der Waals surface area contributed by atoms with Crippen molar-refractivity contribution in [2.45, 2.75) is 31.0 Å². The Morgan fingerprint density at radius 3 is 2.36 bits per heavy atom. The van der Waals surface area contributed by atoms with Gasteiger partial charge in [0.1, 0.15) is 11.4 Å². The van der Waals surface area contributed by atoms with Gasteiger partial charge in [-0.15, -0.1) is 0 Å². The molecule has 2 aliphatic rings. The number of amides is 2. The molecule has 0 radical (unpaired) electrons. The van der Waals surface area contributed by atoms with E-state index in [1.165, 1.54) is 28.6 Å². The van der Waals surface area contributed by atoms with Gasteiger partial charge in [-0.3, -0.25) is 19.7 Å². The van der Waals surface area contributed by atoms with Crippen LogP contribution in [0, 0.1) is 17.1 Å². The first-order chi connectivity index (χ1) is 15.5. The third kappa shape index (κ3) is 3.40. The third-order valence-corrected chi connectivity index (χ3v) is 6.20. The Morgan fingerprint density at radius 2 is 1.85 bits per heavy atom. The molecule has 2 amide bonds. The summed E-state index contributed by atoms with van der Waals surface area (Å²) in [5.41, 5.74) is -2.15. The van der Waals surface area contributed by atoms with Gasteiger partial charge in [-0.05, 0) is 67.9 Å². The summed E-state index contributed by atoms with van der Waals surface area (Å²) >= 11 is 5.44. The molecule has 0 aromatic heterocycles. The fourth-order valence-electron chi connectivity index (χ4n) is 4.10. The first kappa shape index (κ1) is 22.6. The van der Waals surface area contributed by atoms with Gasteiger partial charge >= 0.3 is 6.18 Å². The predicted molar refractivity (Wildman–Crippen MR) is 111 cm³/mol. The number of rotatable bonds is 3. The van der Waals surface area contributed by atoms with E-state index in [1.807, 2.05) is 0 Å². The molecule has 2 aromatic carbocycles. The summed E-state index contributed by atoms with van der Waals surface area (Å²) in [6.45, 7) is 0. The van der Waals surface area contributed by atoms with Crippen LogP contribution in [0.1, 0.15) is 40.7 Å². The van der Waals surface area contributed by atoms with Crippen LogP contribution in [0.2, 0.25) is 0 Å². The average molecular weight is 478 g/mol. The van der Waals surface area contributed by atoms with Crippen LogP contribution in [-0.2, 0) is 11.0 Å². The predicted octanol–water partition coefficient (Wildman–Crippen LogP) is 3.90. The highest BCUT2D eigenvalue weighted by molar-refractivity contribution is 7.81. The number of nitrogens with one attached hydrogen (secondary N) is 1. The molecule has 1 saturated carbocycles. The molecule has 1 aliphatic carbocycles. The maximum atomic E-state index is 14.5. The van der Waals surface area contributed by atoms with Crippen molar-refractivity contribution in [1.29, 1.82) is 5.26 Å². The Kier molecular flexibility index (Phi) is 5.34. The van der Waals surface area contributed by atoms with Crippen LogP contribution in [0.4, 0.5) is 28.9 Å². The quantitative estimate of drug-likeness (QED) is 0.301. The highest BCUT2D eigenvalue weighted by Crippen LogP contribution is 2.48. The molecular formula is C21H14F4N4O3S. The minimum Gasteiger partial charge on any atom is -0.303 e. The van der Waals surface area contributed by atoms with Crippen LogP contribution < -0.4 is 15.3 Å². The molecule has 33 heavy (non-hydrogen) atoms. The number of nitriles is 1. The Labute approximate surface area is 189 Å². The van der Waals surface area contributed by atoms with Crippen molar-refractivity contribution in [2.75, 3.05) is 9.80 Å². The third-order valence-electron chi connectivity index (χ3n) is 5.84. The van der Waals surface area contributed by atoms with Crippen LogP contribution in [0.5, 0.6) is 0 Å². The van der Waals surface area contributed by atoms with Crippen molar-refractivity contribution in [3.63, 3.8) is 0 Å². The summed E-state index contributed by atoms with van der Waals surface area (Å²) in [6.07, 6.45) is -3.50. The van der Waals surface area contributed by atoms with Gasteiger partial charge < -0.3 is 4.90 Å². The Bertz CT molecular complexity index is 1240. The topological polar surface area (TPSA) is 96.7 Å². The Hall–Kier alpha value is -3.56. The van der Waals surface area contributed by atoms with E-state index in [0.717, 1.165) is 23.1 Å². The zero-order valence-electron chi connectivity index (χ0n) is 16.6. The summed E-state index contributed by atoms with van der Waals surface area (Å²) in [6, 6.07) is 7.73. The minimum atomic E-state index is -4.83. The largest absolute Gasteiger partial charge is 0.417 e. The van der Waals surface area contributed by atoms with E-state index in [-0.39, 0.29) is 16.5 Å². The van der Waals surface area contributed by atoms with Gasteiger partial charge in [0, 0.05) is 5.69 Å². The fourth-order valence-corrected chi connectivity index (χ4v) is 4.57. The molecule has 7 nitrogen and oxygen atoms in total. The van der Waals surface area contributed by atoms with Gasteiger partial charge in [-0.2, -0.15) is 18.4 Å². The van der Waals surface area contributed by atoms with E-state index in [1.54, 1.807) is 0 Å². The lowest BCUT2D eigenvalue weighted by molar-refractivity contribution is -0.137. The lowest BCUT2D eigenvalue weighted by Crippen LogP contribution is -2.55. The molecule has 1 aliphatic heterocycles. The summed E-state index contributed by atoms with van der Waals surface area (Å²) in [5.74, 6) is -2.62.